The van der Waals surface area contributed by atoms with Crippen LogP contribution in [-0.4, -0.2) is 61.5 Å². The quantitative estimate of drug-likeness (QED) is 0.524. The molecule has 1 amide bonds. The molecule has 2 saturated heterocycles. The maximum atomic E-state index is 10.4. The highest BCUT2D eigenvalue weighted by Crippen LogP contribution is 2.08. The summed E-state index contributed by atoms with van der Waals surface area (Å²) in [6.07, 6.45) is 0.955. The van der Waals surface area contributed by atoms with Crippen LogP contribution in [0, 0.1) is 0 Å². The molecule has 0 radical (unpaired) electrons. The van der Waals surface area contributed by atoms with Gasteiger partial charge >= 0.3 is 0 Å². The van der Waals surface area contributed by atoms with Crippen molar-refractivity contribution in [2.45, 2.75) is 6.04 Å². The Morgan fingerprint density at radius 1 is 1.17 bits per heavy atom. The van der Waals surface area contributed by atoms with E-state index in [4.69, 9.17) is 0 Å². The van der Waals surface area contributed by atoms with E-state index >= 15 is 0 Å². The predicted molar refractivity (Wildman–Crippen MR) is 45.9 cm³/mol. The minimum atomic E-state index is 0.735. The van der Waals surface area contributed by atoms with Crippen molar-refractivity contribution in [3.8, 4) is 0 Å². The van der Waals surface area contributed by atoms with Gasteiger partial charge in [0.05, 0.1) is 0 Å². The number of amides is 1. The maximum Gasteiger partial charge on any atom is 0.209 e. The van der Waals surface area contributed by atoms with Gasteiger partial charge in [-0.05, 0) is 0 Å². The number of rotatable bonds is 2. The summed E-state index contributed by atoms with van der Waals surface area (Å²) in [7, 11) is 0. The third-order valence-electron chi connectivity index (χ3n) is 2.77. The normalized spacial score (nSPS) is 26.8. The number of piperazine rings is 1. The number of hydrogen-bond donors (Lipinski definition) is 1. The lowest BCUT2D eigenvalue weighted by Gasteiger charge is -2.42. The molecule has 2 aliphatic rings. The number of carbonyl (C=O) groups excluding carboxylic acids is 1. The second-order valence-corrected chi connectivity index (χ2v) is 3.49. The monoisotopic (exact) mass is 169 g/mol. The fourth-order valence-electron chi connectivity index (χ4n) is 1.74. The molecule has 2 fully saturated rings. The van der Waals surface area contributed by atoms with Crippen molar-refractivity contribution in [3.05, 3.63) is 0 Å². The zero-order valence-corrected chi connectivity index (χ0v) is 7.20. The van der Waals surface area contributed by atoms with Crippen LogP contribution in [0.1, 0.15) is 0 Å². The van der Waals surface area contributed by atoms with Gasteiger partial charge in [0.2, 0.25) is 6.41 Å². The number of hydrogen-bond acceptors (Lipinski definition) is 3. The molecule has 0 aliphatic carbocycles. The molecule has 0 atom stereocenters. The van der Waals surface area contributed by atoms with Gasteiger partial charge in [-0.3, -0.25) is 9.69 Å². The average molecular weight is 169 g/mol. The Morgan fingerprint density at radius 3 is 2.25 bits per heavy atom. The Bertz CT molecular complexity index is 162. The predicted octanol–water partition coefficient (Wildman–Crippen LogP) is -1.27. The lowest BCUT2D eigenvalue weighted by Crippen LogP contribution is -2.61. The van der Waals surface area contributed by atoms with E-state index in [2.05, 4.69) is 10.2 Å². The molecular weight excluding hydrogens is 154 g/mol. The first kappa shape index (κ1) is 8.01. The van der Waals surface area contributed by atoms with Crippen molar-refractivity contribution >= 4 is 6.41 Å². The lowest BCUT2D eigenvalue weighted by atomic mass is 10.1. The van der Waals surface area contributed by atoms with E-state index in [1.54, 1.807) is 0 Å². The lowest BCUT2D eigenvalue weighted by molar-refractivity contribution is -0.120. The van der Waals surface area contributed by atoms with E-state index in [1.807, 2.05) is 4.90 Å². The molecule has 2 heterocycles. The van der Waals surface area contributed by atoms with Crippen LogP contribution < -0.4 is 5.32 Å². The van der Waals surface area contributed by atoms with Crippen LogP contribution in [0.25, 0.3) is 0 Å². The molecule has 2 aliphatic heterocycles. The van der Waals surface area contributed by atoms with E-state index in [-0.39, 0.29) is 0 Å². The summed E-state index contributed by atoms with van der Waals surface area (Å²) < 4.78 is 0. The summed E-state index contributed by atoms with van der Waals surface area (Å²) in [5.41, 5.74) is 0. The van der Waals surface area contributed by atoms with Crippen molar-refractivity contribution in [1.82, 2.24) is 15.1 Å². The summed E-state index contributed by atoms with van der Waals surface area (Å²) in [5.74, 6) is 0. The summed E-state index contributed by atoms with van der Waals surface area (Å²) in [5, 5.41) is 3.26. The Labute approximate surface area is 72.5 Å². The highest BCUT2D eigenvalue weighted by molar-refractivity contribution is 5.47. The van der Waals surface area contributed by atoms with Gasteiger partial charge in [0, 0.05) is 45.3 Å². The topological polar surface area (TPSA) is 35.6 Å². The number of nitrogens with one attached hydrogen (secondary N) is 1. The summed E-state index contributed by atoms with van der Waals surface area (Å²) in [6.45, 7) is 6.15. The molecule has 0 aromatic carbocycles. The molecule has 4 heteroatoms. The molecule has 68 valence electrons. The average Bonchev–Trinajstić information content (AvgIpc) is 2.03. The van der Waals surface area contributed by atoms with Crippen LogP contribution in [0.3, 0.4) is 0 Å². The van der Waals surface area contributed by atoms with Crippen molar-refractivity contribution in [2.75, 3.05) is 39.3 Å². The van der Waals surface area contributed by atoms with Crippen molar-refractivity contribution in [3.63, 3.8) is 0 Å². The fourth-order valence-corrected chi connectivity index (χ4v) is 1.74. The first-order valence-electron chi connectivity index (χ1n) is 4.54. The molecule has 4 nitrogen and oxygen atoms in total. The fraction of sp³-hybridized carbons (Fsp3) is 0.875. The molecule has 0 spiro atoms. The van der Waals surface area contributed by atoms with Crippen LogP contribution in [0.4, 0.5) is 0 Å². The van der Waals surface area contributed by atoms with Gasteiger partial charge in [0.1, 0.15) is 0 Å². The van der Waals surface area contributed by atoms with Crippen molar-refractivity contribution in [1.29, 1.82) is 0 Å². The van der Waals surface area contributed by atoms with E-state index in [0.717, 1.165) is 51.7 Å². The first-order chi connectivity index (χ1) is 5.90. The molecule has 0 unspecified atom stereocenters. The van der Waals surface area contributed by atoms with Crippen LogP contribution >= 0.6 is 0 Å². The summed E-state index contributed by atoms with van der Waals surface area (Å²) in [4.78, 5) is 14.7. The molecule has 0 aromatic heterocycles. The van der Waals surface area contributed by atoms with E-state index in [0.29, 0.717) is 0 Å². The van der Waals surface area contributed by atoms with Gasteiger partial charge in [0.15, 0.2) is 0 Å². The summed E-state index contributed by atoms with van der Waals surface area (Å²) >= 11 is 0. The van der Waals surface area contributed by atoms with E-state index < -0.39 is 0 Å². The standard InChI is InChI=1S/C8H15N3O/c12-7-10-1-3-11(4-2-10)8-5-9-6-8/h7-9H,1-6H2. The van der Waals surface area contributed by atoms with Gasteiger partial charge in [-0.25, -0.2) is 0 Å². The number of carbonyl (C=O) groups is 1. The van der Waals surface area contributed by atoms with Crippen LogP contribution in [0.15, 0.2) is 0 Å². The Balaban J connectivity index is 1.77. The smallest absolute Gasteiger partial charge is 0.209 e. The van der Waals surface area contributed by atoms with Crippen LogP contribution in [0.5, 0.6) is 0 Å². The summed E-state index contributed by atoms with van der Waals surface area (Å²) in [6, 6.07) is 0.735. The number of nitrogens with zero attached hydrogens (tertiary/aromatic N) is 2. The zero-order valence-electron chi connectivity index (χ0n) is 7.20. The Kier molecular flexibility index (Phi) is 2.28. The molecule has 0 saturated carbocycles. The maximum absolute atomic E-state index is 10.4. The highest BCUT2D eigenvalue weighted by Gasteiger charge is 2.26. The Morgan fingerprint density at radius 2 is 1.83 bits per heavy atom. The van der Waals surface area contributed by atoms with Gasteiger partial charge in [-0.1, -0.05) is 0 Å². The zero-order chi connectivity index (χ0) is 8.39. The minimum Gasteiger partial charge on any atom is -0.343 e. The molecular formula is C8H15N3O. The van der Waals surface area contributed by atoms with Crippen molar-refractivity contribution in [2.24, 2.45) is 0 Å². The van der Waals surface area contributed by atoms with Crippen LogP contribution in [0.2, 0.25) is 0 Å². The second-order valence-electron chi connectivity index (χ2n) is 3.49. The SMILES string of the molecule is O=CN1CCN(C2CNC2)CC1. The third kappa shape index (κ3) is 1.44. The first-order valence-corrected chi connectivity index (χ1v) is 4.54. The Hall–Kier alpha value is -0.610. The van der Waals surface area contributed by atoms with Gasteiger partial charge in [-0.2, -0.15) is 0 Å². The van der Waals surface area contributed by atoms with Crippen LogP contribution in [-0.2, 0) is 4.79 Å². The van der Waals surface area contributed by atoms with Crippen molar-refractivity contribution < 1.29 is 4.79 Å². The van der Waals surface area contributed by atoms with Gasteiger partial charge < -0.3 is 10.2 Å². The molecule has 1 N–H and O–H groups in total. The molecule has 0 aromatic rings. The minimum absolute atomic E-state index is 0.735. The molecule has 12 heavy (non-hydrogen) atoms. The largest absolute Gasteiger partial charge is 0.343 e. The van der Waals surface area contributed by atoms with Gasteiger partial charge in [0.25, 0.3) is 0 Å². The molecule has 2 rings (SSSR count). The molecule has 0 bridgehead atoms. The third-order valence-corrected chi connectivity index (χ3v) is 2.77. The second kappa shape index (κ2) is 3.41. The van der Waals surface area contributed by atoms with E-state index in [9.17, 15) is 4.79 Å². The van der Waals surface area contributed by atoms with Gasteiger partial charge in [-0.15, -0.1) is 0 Å². The highest BCUT2D eigenvalue weighted by atomic mass is 16.1. The van der Waals surface area contributed by atoms with E-state index in [1.165, 1.54) is 0 Å².